The van der Waals surface area contributed by atoms with E-state index in [9.17, 15) is 0 Å². The summed E-state index contributed by atoms with van der Waals surface area (Å²) in [6, 6.07) is 1.50. The Bertz CT molecular complexity index is 271. The molecule has 3 unspecified atom stereocenters. The third-order valence-electron chi connectivity index (χ3n) is 5.73. The van der Waals surface area contributed by atoms with Crippen LogP contribution >= 0.6 is 0 Å². The van der Waals surface area contributed by atoms with Gasteiger partial charge in [-0.3, -0.25) is 4.90 Å². The molecule has 2 aliphatic rings. The van der Waals surface area contributed by atoms with E-state index in [2.05, 4.69) is 37.9 Å². The molecule has 2 nitrogen and oxygen atoms in total. The van der Waals surface area contributed by atoms with Crippen LogP contribution in [0.15, 0.2) is 0 Å². The Labute approximate surface area is 126 Å². The predicted molar refractivity (Wildman–Crippen MR) is 88.0 cm³/mol. The minimum Gasteiger partial charge on any atom is -0.311 e. The molecule has 20 heavy (non-hydrogen) atoms. The van der Waals surface area contributed by atoms with Crippen LogP contribution in [0, 0.1) is 17.8 Å². The highest BCUT2D eigenvalue weighted by molar-refractivity contribution is 4.92. The third-order valence-corrected chi connectivity index (χ3v) is 5.73. The molecule has 2 rings (SSSR count). The van der Waals surface area contributed by atoms with Crippen molar-refractivity contribution < 1.29 is 0 Å². The maximum atomic E-state index is 3.85. The largest absolute Gasteiger partial charge is 0.311 e. The monoisotopic (exact) mass is 280 g/mol. The molecular formula is C18H36N2. The molecular weight excluding hydrogens is 244 g/mol. The molecule has 1 N–H and O–H groups in total. The molecule has 1 aliphatic heterocycles. The van der Waals surface area contributed by atoms with Crippen LogP contribution in [0.3, 0.4) is 0 Å². The molecule has 0 bridgehead atoms. The summed E-state index contributed by atoms with van der Waals surface area (Å²) >= 11 is 0. The Morgan fingerprint density at radius 1 is 1.10 bits per heavy atom. The summed E-state index contributed by atoms with van der Waals surface area (Å²) in [7, 11) is 0. The van der Waals surface area contributed by atoms with Crippen molar-refractivity contribution in [2.24, 2.45) is 17.8 Å². The smallest absolute Gasteiger partial charge is 0.0249 e. The van der Waals surface area contributed by atoms with Gasteiger partial charge in [-0.1, -0.05) is 53.4 Å². The second-order valence-electron chi connectivity index (χ2n) is 7.69. The number of rotatable bonds is 5. The molecule has 0 aromatic rings. The van der Waals surface area contributed by atoms with Gasteiger partial charge in [0.15, 0.2) is 0 Å². The van der Waals surface area contributed by atoms with Gasteiger partial charge in [-0.05, 0) is 30.6 Å². The molecule has 0 spiro atoms. The average Bonchev–Trinajstić information content (AvgIpc) is 2.47. The molecule has 1 aliphatic carbocycles. The van der Waals surface area contributed by atoms with E-state index in [-0.39, 0.29) is 0 Å². The van der Waals surface area contributed by atoms with E-state index in [1.165, 1.54) is 58.2 Å². The van der Waals surface area contributed by atoms with Crippen molar-refractivity contribution >= 4 is 0 Å². The quantitative estimate of drug-likeness (QED) is 0.821. The highest BCUT2D eigenvalue weighted by Crippen LogP contribution is 2.31. The van der Waals surface area contributed by atoms with Crippen molar-refractivity contribution in [2.45, 2.75) is 78.3 Å². The first kappa shape index (κ1) is 16.3. The first-order valence-corrected chi connectivity index (χ1v) is 9.09. The predicted octanol–water partition coefficient (Wildman–Crippen LogP) is 3.91. The molecule has 0 radical (unpaired) electrons. The Balaban J connectivity index is 1.99. The van der Waals surface area contributed by atoms with Crippen LogP contribution in [0.2, 0.25) is 0 Å². The molecule has 2 fully saturated rings. The van der Waals surface area contributed by atoms with Crippen LogP contribution in [0.5, 0.6) is 0 Å². The van der Waals surface area contributed by atoms with E-state index in [0.717, 1.165) is 23.8 Å². The Kier molecular flexibility index (Phi) is 6.35. The van der Waals surface area contributed by atoms with E-state index in [4.69, 9.17) is 0 Å². The third kappa shape index (κ3) is 4.21. The van der Waals surface area contributed by atoms with Gasteiger partial charge >= 0.3 is 0 Å². The molecule has 0 aromatic carbocycles. The maximum absolute atomic E-state index is 3.85. The number of nitrogens with one attached hydrogen (secondary N) is 1. The molecule has 1 saturated carbocycles. The van der Waals surface area contributed by atoms with Crippen LogP contribution < -0.4 is 5.32 Å². The molecule has 118 valence electrons. The lowest BCUT2D eigenvalue weighted by Gasteiger charge is -2.47. The first-order valence-electron chi connectivity index (χ1n) is 9.09. The molecule has 1 heterocycles. The van der Waals surface area contributed by atoms with E-state index in [1.807, 2.05) is 0 Å². The maximum Gasteiger partial charge on any atom is 0.0249 e. The Hall–Kier alpha value is -0.0800. The summed E-state index contributed by atoms with van der Waals surface area (Å²) in [5.41, 5.74) is 0. The standard InChI is InChI=1S/C18H36N2/c1-5-15(4)12-20-13-17(14(2)3)19-11-18(20)16-9-7-6-8-10-16/h14-19H,5-13H2,1-4H3. The molecule has 0 aromatic heterocycles. The average molecular weight is 281 g/mol. The summed E-state index contributed by atoms with van der Waals surface area (Å²) in [5, 5.41) is 3.85. The molecule has 0 amide bonds. The first-order chi connectivity index (χ1) is 9.61. The second-order valence-corrected chi connectivity index (χ2v) is 7.69. The van der Waals surface area contributed by atoms with Gasteiger partial charge in [0, 0.05) is 31.7 Å². The summed E-state index contributed by atoms with van der Waals surface area (Å²) in [4.78, 5) is 2.85. The van der Waals surface area contributed by atoms with Gasteiger partial charge in [-0.15, -0.1) is 0 Å². The van der Waals surface area contributed by atoms with Crippen molar-refractivity contribution in [1.29, 1.82) is 0 Å². The normalized spacial score (nSPS) is 31.6. The lowest BCUT2D eigenvalue weighted by molar-refractivity contribution is 0.0502. The summed E-state index contributed by atoms with van der Waals surface area (Å²) in [6.07, 6.45) is 8.65. The lowest BCUT2D eigenvalue weighted by Crippen LogP contribution is -2.61. The highest BCUT2D eigenvalue weighted by Gasteiger charge is 2.34. The van der Waals surface area contributed by atoms with Gasteiger partial charge in [-0.25, -0.2) is 0 Å². The zero-order chi connectivity index (χ0) is 14.5. The number of nitrogens with zero attached hydrogens (tertiary/aromatic N) is 1. The van der Waals surface area contributed by atoms with E-state index in [1.54, 1.807) is 0 Å². The minimum atomic E-state index is 0.693. The highest BCUT2D eigenvalue weighted by atomic mass is 15.2. The van der Waals surface area contributed by atoms with Gasteiger partial charge in [0.25, 0.3) is 0 Å². The van der Waals surface area contributed by atoms with Gasteiger partial charge < -0.3 is 5.32 Å². The van der Waals surface area contributed by atoms with Crippen molar-refractivity contribution in [3.05, 3.63) is 0 Å². The lowest BCUT2D eigenvalue weighted by atomic mass is 9.81. The van der Waals surface area contributed by atoms with Crippen molar-refractivity contribution in [2.75, 3.05) is 19.6 Å². The zero-order valence-corrected chi connectivity index (χ0v) is 14.2. The summed E-state index contributed by atoms with van der Waals surface area (Å²) in [6.45, 7) is 13.3. The van der Waals surface area contributed by atoms with Crippen LogP contribution in [0.25, 0.3) is 0 Å². The fourth-order valence-corrected chi connectivity index (χ4v) is 4.02. The van der Waals surface area contributed by atoms with E-state index in [0.29, 0.717) is 6.04 Å². The number of piperazine rings is 1. The van der Waals surface area contributed by atoms with Crippen molar-refractivity contribution in [3.63, 3.8) is 0 Å². The number of hydrogen-bond acceptors (Lipinski definition) is 2. The van der Waals surface area contributed by atoms with Crippen LogP contribution in [-0.4, -0.2) is 36.6 Å². The molecule has 3 atom stereocenters. The SMILES string of the molecule is CCC(C)CN1CC(C(C)C)NCC1C1CCCCC1. The fourth-order valence-electron chi connectivity index (χ4n) is 4.02. The molecule has 1 saturated heterocycles. The zero-order valence-electron chi connectivity index (χ0n) is 14.2. The second kappa shape index (κ2) is 7.79. The van der Waals surface area contributed by atoms with E-state index >= 15 is 0 Å². The van der Waals surface area contributed by atoms with Crippen LogP contribution in [-0.2, 0) is 0 Å². The van der Waals surface area contributed by atoms with E-state index < -0.39 is 0 Å². The fraction of sp³-hybridized carbons (Fsp3) is 1.00. The van der Waals surface area contributed by atoms with Crippen molar-refractivity contribution in [1.82, 2.24) is 10.2 Å². The van der Waals surface area contributed by atoms with Gasteiger partial charge in [0.05, 0.1) is 0 Å². The molecule has 2 heteroatoms. The summed E-state index contributed by atoms with van der Waals surface area (Å²) in [5.74, 6) is 2.54. The van der Waals surface area contributed by atoms with Crippen LogP contribution in [0.1, 0.15) is 66.2 Å². The summed E-state index contributed by atoms with van der Waals surface area (Å²) < 4.78 is 0. The number of hydrogen-bond donors (Lipinski definition) is 1. The van der Waals surface area contributed by atoms with Gasteiger partial charge in [0.1, 0.15) is 0 Å². The Morgan fingerprint density at radius 2 is 1.80 bits per heavy atom. The van der Waals surface area contributed by atoms with Gasteiger partial charge in [0.2, 0.25) is 0 Å². The Morgan fingerprint density at radius 3 is 2.40 bits per heavy atom. The van der Waals surface area contributed by atoms with Crippen molar-refractivity contribution in [3.8, 4) is 0 Å². The topological polar surface area (TPSA) is 15.3 Å². The minimum absolute atomic E-state index is 0.693. The van der Waals surface area contributed by atoms with Gasteiger partial charge in [-0.2, -0.15) is 0 Å². The van der Waals surface area contributed by atoms with Crippen LogP contribution in [0.4, 0.5) is 0 Å².